The highest BCUT2D eigenvalue weighted by atomic mass is 35.5. The second-order valence-electron chi connectivity index (χ2n) is 8.88. The first-order valence-electron chi connectivity index (χ1n) is 10.5. The Morgan fingerprint density at radius 1 is 1.03 bits per heavy atom. The third kappa shape index (κ3) is 4.71. The van der Waals surface area contributed by atoms with Crippen LogP contribution in [0.25, 0.3) is 17.4 Å². The second kappa shape index (κ2) is 8.84. The first-order chi connectivity index (χ1) is 16.5. The van der Waals surface area contributed by atoms with Crippen molar-refractivity contribution in [3.05, 3.63) is 86.6 Å². The maximum Gasteiger partial charge on any atom is 0.335 e. The molecule has 1 N–H and O–H groups in total. The number of furan rings is 1. The van der Waals surface area contributed by atoms with Gasteiger partial charge >= 0.3 is 6.03 Å². The number of carbonyl (C=O) groups is 3. The lowest BCUT2D eigenvalue weighted by Crippen LogP contribution is -2.54. The lowest BCUT2D eigenvalue weighted by atomic mass is 9.87. The number of nitrogens with zero attached hydrogens (tertiary/aromatic N) is 2. The van der Waals surface area contributed by atoms with Gasteiger partial charge in [0.2, 0.25) is 0 Å². The Morgan fingerprint density at radius 3 is 2.34 bits per heavy atom. The van der Waals surface area contributed by atoms with Gasteiger partial charge in [0.05, 0.1) is 15.6 Å². The van der Waals surface area contributed by atoms with Gasteiger partial charge in [-0.15, -0.1) is 0 Å². The predicted molar refractivity (Wildman–Crippen MR) is 130 cm³/mol. The molecule has 0 atom stereocenters. The van der Waals surface area contributed by atoms with Crippen LogP contribution in [0.1, 0.15) is 32.1 Å². The molecule has 4 rings (SSSR count). The summed E-state index contributed by atoms with van der Waals surface area (Å²) in [6.45, 7) is 6.12. The number of anilines is 1. The molecule has 2 aromatic carbocycles. The van der Waals surface area contributed by atoms with Crippen molar-refractivity contribution >= 4 is 46.9 Å². The number of nitro benzene ring substituents is 1. The van der Waals surface area contributed by atoms with Crippen LogP contribution in [0.15, 0.2) is 64.6 Å². The first kappa shape index (κ1) is 23.9. The van der Waals surface area contributed by atoms with Crippen molar-refractivity contribution in [3.8, 4) is 11.3 Å². The van der Waals surface area contributed by atoms with Gasteiger partial charge in [-0.1, -0.05) is 44.5 Å². The van der Waals surface area contributed by atoms with E-state index in [1.54, 1.807) is 12.1 Å². The van der Waals surface area contributed by atoms with E-state index in [1.165, 1.54) is 36.4 Å². The van der Waals surface area contributed by atoms with Crippen LogP contribution in [-0.4, -0.2) is 22.8 Å². The second-order valence-corrected chi connectivity index (χ2v) is 9.29. The number of nitro groups is 1. The van der Waals surface area contributed by atoms with Crippen LogP contribution in [0.4, 0.5) is 16.2 Å². The normalized spacial score (nSPS) is 15.5. The zero-order valence-electron chi connectivity index (χ0n) is 19.0. The Hall–Kier alpha value is -4.24. The highest BCUT2D eigenvalue weighted by Crippen LogP contribution is 2.33. The molecule has 35 heavy (non-hydrogen) atoms. The van der Waals surface area contributed by atoms with E-state index in [9.17, 15) is 24.5 Å². The Labute approximate surface area is 205 Å². The maximum absolute atomic E-state index is 13.1. The average molecular weight is 494 g/mol. The summed E-state index contributed by atoms with van der Waals surface area (Å²) in [5, 5.41) is 13.5. The van der Waals surface area contributed by atoms with Gasteiger partial charge in [0.15, 0.2) is 0 Å². The van der Waals surface area contributed by atoms with Crippen LogP contribution in [0.3, 0.4) is 0 Å². The third-order valence-electron chi connectivity index (χ3n) is 5.43. The molecular formula is C25H20ClN3O6. The number of nitrogens with one attached hydrogen (secondary N) is 1. The Morgan fingerprint density at radius 2 is 1.71 bits per heavy atom. The summed E-state index contributed by atoms with van der Waals surface area (Å²) in [7, 11) is 0. The van der Waals surface area contributed by atoms with Crippen LogP contribution in [0.5, 0.6) is 0 Å². The highest BCUT2D eigenvalue weighted by molar-refractivity contribution is 6.39. The van der Waals surface area contributed by atoms with E-state index in [4.69, 9.17) is 16.0 Å². The Balaban J connectivity index is 1.66. The van der Waals surface area contributed by atoms with Crippen molar-refractivity contribution in [2.24, 2.45) is 0 Å². The molecule has 0 spiro atoms. The largest absolute Gasteiger partial charge is 0.457 e. The molecule has 0 unspecified atom stereocenters. The summed E-state index contributed by atoms with van der Waals surface area (Å²) in [5.74, 6) is -1.35. The third-order valence-corrected chi connectivity index (χ3v) is 5.76. The molecule has 0 saturated carbocycles. The van der Waals surface area contributed by atoms with Gasteiger partial charge in [-0.05, 0) is 47.4 Å². The van der Waals surface area contributed by atoms with Crippen molar-refractivity contribution < 1.29 is 23.7 Å². The van der Waals surface area contributed by atoms with Crippen molar-refractivity contribution in [1.29, 1.82) is 0 Å². The molecule has 0 radical (unpaired) electrons. The Bertz CT molecular complexity index is 1400. The average Bonchev–Trinajstić information content (AvgIpc) is 3.25. The lowest BCUT2D eigenvalue weighted by molar-refractivity contribution is -0.384. The molecule has 2 heterocycles. The minimum absolute atomic E-state index is 0.118. The van der Waals surface area contributed by atoms with E-state index in [0.717, 1.165) is 10.5 Å². The predicted octanol–water partition coefficient (Wildman–Crippen LogP) is 5.47. The summed E-state index contributed by atoms with van der Waals surface area (Å²) in [4.78, 5) is 49.4. The lowest BCUT2D eigenvalue weighted by Gasteiger charge is -2.27. The fraction of sp³-hybridized carbons (Fsp3) is 0.160. The number of hydrogen-bond donors (Lipinski definition) is 1. The molecule has 10 heteroatoms. The summed E-state index contributed by atoms with van der Waals surface area (Å²) < 4.78 is 5.69. The first-order valence-corrected chi connectivity index (χ1v) is 10.9. The van der Waals surface area contributed by atoms with Crippen molar-refractivity contribution in [2.45, 2.75) is 26.2 Å². The number of urea groups is 1. The van der Waals surface area contributed by atoms with Crippen molar-refractivity contribution in [3.63, 3.8) is 0 Å². The topological polar surface area (TPSA) is 123 Å². The molecule has 1 aromatic heterocycles. The van der Waals surface area contributed by atoms with E-state index in [0.29, 0.717) is 5.69 Å². The van der Waals surface area contributed by atoms with Crippen LogP contribution in [0, 0.1) is 10.1 Å². The summed E-state index contributed by atoms with van der Waals surface area (Å²) in [5.41, 5.74) is 1.00. The van der Waals surface area contributed by atoms with E-state index < -0.39 is 22.8 Å². The van der Waals surface area contributed by atoms with Gasteiger partial charge in [0.1, 0.15) is 17.1 Å². The number of benzene rings is 2. The van der Waals surface area contributed by atoms with Gasteiger partial charge in [0, 0.05) is 17.7 Å². The number of hydrogen-bond acceptors (Lipinski definition) is 6. The van der Waals surface area contributed by atoms with Gasteiger partial charge in [0.25, 0.3) is 17.5 Å². The molecule has 1 aliphatic rings. The highest BCUT2D eigenvalue weighted by Gasteiger charge is 2.37. The molecule has 1 aliphatic heterocycles. The van der Waals surface area contributed by atoms with Crippen molar-refractivity contribution in [1.82, 2.24) is 5.32 Å². The molecular weight excluding hydrogens is 474 g/mol. The summed E-state index contributed by atoms with van der Waals surface area (Å²) in [6.07, 6.45) is 1.20. The van der Waals surface area contributed by atoms with E-state index in [2.05, 4.69) is 5.32 Å². The van der Waals surface area contributed by atoms with Gasteiger partial charge < -0.3 is 4.42 Å². The molecule has 1 fully saturated rings. The van der Waals surface area contributed by atoms with Gasteiger partial charge in [-0.3, -0.25) is 25.0 Å². The van der Waals surface area contributed by atoms with Gasteiger partial charge in [-0.25, -0.2) is 9.69 Å². The summed E-state index contributed by atoms with van der Waals surface area (Å²) >= 11 is 6.16. The van der Waals surface area contributed by atoms with E-state index in [1.807, 2.05) is 32.9 Å². The minimum atomic E-state index is -0.867. The van der Waals surface area contributed by atoms with Crippen LogP contribution >= 0.6 is 11.6 Å². The number of halogens is 1. The number of imide groups is 2. The molecule has 0 bridgehead atoms. The van der Waals surface area contributed by atoms with E-state index >= 15 is 0 Å². The Kier molecular flexibility index (Phi) is 6.04. The number of rotatable bonds is 4. The van der Waals surface area contributed by atoms with Gasteiger partial charge in [-0.2, -0.15) is 0 Å². The van der Waals surface area contributed by atoms with E-state index in [-0.39, 0.29) is 38.8 Å². The van der Waals surface area contributed by atoms with Crippen molar-refractivity contribution in [2.75, 3.05) is 4.90 Å². The molecule has 9 nitrogen and oxygen atoms in total. The number of carbonyl (C=O) groups excluding carboxylic acids is 3. The number of barbiturate groups is 1. The quantitative estimate of drug-likeness (QED) is 0.222. The van der Waals surface area contributed by atoms with Crippen LogP contribution in [-0.2, 0) is 15.0 Å². The standard InChI is InChI=1S/C25H20ClN3O6/c1-25(2,3)14-4-6-15(7-5-14)28-23(31)19(22(30)27-24(28)32)13-17-9-11-21(35-17)18-12-16(29(33)34)8-10-20(18)26/h4-13H,1-3H3,(H,27,30,32). The van der Waals surface area contributed by atoms with Crippen LogP contribution < -0.4 is 10.2 Å². The fourth-order valence-corrected chi connectivity index (χ4v) is 3.75. The SMILES string of the molecule is CC(C)(C)c1ccc(N2C(=O)NC(=O)C(=Cc3ccc(-c4cc([N+](=O)[O-])ccc4Cl)o3)C2=O)cc1. The molecule has 4 amide bonds. The zero-order chi connectivity index (χ0) is 25.5. The molecule has 3 aromatic rings. The molecule has 0 aliphatic carbocycles. The number of amides is 4. The molecule has 178 valence electrons. The fourth-order valence-electron chi connectivity index (χ4n) is 3.54. The minimum Gasteiger partial charge on any atom is -0.457 e. The summed E-state index contributed by atoms with van der Waals surface area (Å²) in [6, 6.07) is 13.0. The number of non-ortho nitro benzene ring substituents is 1. The smallest absolute Gasteiger partial charge is 0.335 e. The molecule has 1 saturated heterocycles. The van der Waals surface area contributed by atoms with Crippen LogP contribution in [0.2, 0.25) is 5.02 Å². The zero-order valence-corrected chi connectivity index (χ0v) is 19.8. The maximum atomic E-state index is 13.1. The monoisotopic (exact) mass is 493 g/mol.